The van der Waals surface area contributed by atoms with Crippen LogP contribution in [0.1, 0.15) is 24.2 Å². The second kappa shape index (κ2) is 8.37. The molecule has 0 spiro atoms. The SMILES string of the molecule is CC(=O)c1ccc2c(c1)N(C(C)C(=O)N1CCN(c3ccc(F)cc3)CC1)C(=O)CO2. The molecule has 2 heterocycles. The van der Waals surface area contributed by atoms with Gasteiger partial charge in [0.05, 0.1) is 5.69 Å². The Morgan fingerprint density at radius 1 is 1.03 bits per heavy atom. The van der Waals surface area contributed by atoms with Crippen molar-refractivity contribution in [2.24, 2.45) is 0 Å². The zero-order valence-electron chi connectivity index (χ0n) is 17.5. The van der Waals surface area contributed by atoms with Gasteiger partial charge >= 0.3 is 0 Å². The number of ether oxygens (including phenoxy) is 1. The van der Waals surface area contributed by atoms with Crippen molar-refractivity contribution < 1.29 is 23.5 Å². The molecule has 1 saturated heterocycles. The first-order valence-corrected chi connectivity index (χ1v) is 10.2. The van der Waals surface area contributed by atoms with Gasteiger partial charge < -0.3 is 14.5 Å². The van der Waals surface area contributed by atoms with Gasteiger partial charge in [0.2, 0.25) is 5.91 Å². The van der Waals surface area contributed by atoms with Crippen LogP contribution < -0.4 is 14.5 Å². The average Bonchev–Trinajstić information content (AvgIpc) is 2.78. The number of benzene rings is 2. The molecule has 2 aliphatic heterocycles. The van der Waals surface area contributed by atoms with Crippen molar-refractivity contribution in [1.82, 2.24) is 4.90 Å². The molecular weight excluding hydrogens is 401 g/mol. The van der Waals surface area contributed by atoms with E-state index in [9.17, 15) is 18.8 Å². The average molecular weight is 425 g/mol. The zero-order chi connectivity index (χ0) is 22.1. The molecule has 31 heavy (non-hydrogen) atoms. The number of hydrogen-bond acceptors (Lipinski definition) is 5. The molecule has 4 rings (SSSR count). The Balaban J connectivity index is 1.48. The molecule has 0 N–H and O–H groups in total. The minimum Gasteiger partial charge on any atom is -0.482 e. The number of nitrogens with zero attached hydrogens (tertiary/aromatic N) is 3. The summed E-state index contributed by atoms with van der Waals surface area (Å²) in [4.78, 5) is 42.9. The molecule has 2 amide bonds. The molecule has 2 aliphatic rings. The van der Waals surface area contributed by atoms with E-state index in [0.717, 1.165) is 5.69 Å². The number of fused-ring (bicyclic) bond motifs is 1. The highest BCUT2D eigenvalue weighted by Crippen LogP contribution is 2.35. The monoisotopic (exact) mass is 425 g/mol. The molecule has 0 aliphatic carbocycles. The minimum absolute atomic E-state index is 0.128. The number of piperazine rings is 1. The van der Waals surface area contributed by atoms with Crippen molar-refractivity contribution in [2.75, 3.05) is 42.6 Å². The summed E-state index contributed by atoms with van der Waals surface area (Å²) in [6.07, 6.45) is 0. The fraction of sp³-hybridized carbons (Fsp3) is 0.348. The third kappa shape index (κ3) is 4.10. The lowest BCUT2D eigenvalue weighted by molar-refractivity contribution is -0.135. The van der Waals surface area contributed by atoms with Crippen LogP contribution >= 0.6 is 0 Å². The molecule has 0 aromatic heterocycles. The van der Waals surface area contributed by atoms with E-state index in [4.69, 9.17) is 4.74 Å². The van der Waals surface area contributed by atoms with Crippen LogP contribution in [0.2, 0.25) is 0 Å². The van der Waals surface area contributed by atoms with E-state index < -0.39 is 6.04 Å². The van der Waals surface area contributed by atoms with Crippen molar-refractivity contribution in [1.29, 1.82) is 0 Å². The van der Waals surface area contributed by atoms with Crippen LogP contribution in [-0.2, 0) is 9.59 Å². The number of rotatable bonds is 4. The molecule has 2 aromatic carbocycles. The summed E-state index contributed by atoms with van der Waals surface area (Å²) in [5.74, 6) is -0.413. The second-order valence-corrected chi connectivity index (χ2v) is 7.76. The van der Waals surface area contributed by atoms with E-state index in [2.05, 4.69) is 4.90 Å². The van der Waals surface area contributed by atoms with Crippen molar-refractivity contribution >= 4 is 29.0 Å². The number of carbonyl (C=O) groups is 3. The van der Waals surface area contributed by atoms with E-state index in [0.29, 0.717) is 43.2 Å². The summed E-state index contributed by atoms with van der Waals surface area (Å²) in [5, 5.41) is 0. The van der Waals surface area contributed by atoms with Gasteiger partial charge in [-0.25, -0.2) is 4.39 Å². The van der Waals surface area contributed by atoms with Crippen LogP contribution in [0.4, 0.5) is 15.8 Å². The van der Waals surface area contributed by atoms with Crippen LogP contribution in [0.3, 0.4) is 0 Å². The molecular formula is C23H24FN3O4. The van der Waals surface area contributed by atoms with Gasteiger partial charge in [-0.3, -0.25) is 19.3 Å². The highest BCUT2D eigenvalue weighted by molar-refractivity contribution is 6.05. The van der Waals surface area contributed by atoms with Gasteiger partial charge in [-0.1, -0.05) is 0 Å². The van der Waals surface area contributed by atoms with Gasteiger partial charge in [-0.05, 0) is 56.3 Å². The standard InChI is InChI=1S/C23H24FN3O4/c1-15(27-20-13-17(16(2)28)3-8-21(20)31-14-22(27)29)23(30)26-11-9-25(10-12-26)19-6-4-18(24)5-7-19/h3-8,13,15H,9-12,14H2,1-2H3. The van der Waals surface area contributed by atoms with Crippen molar-refractivity contribution in [2.45, 2.75) is 19.9 Å². The largest absolute Gasteiger partial charge is 0.482 e. The molecule has 8 heteroatoms. The summed E-state index contributed by atoms with van der Waals surface area (Å²) in [5.41, 5.74) is 1.81. The lowest BCUT2D eigenvalue weighted by Gasteiger charge is -2.40. The van der Waals surface area contributed by atoms with E-state index >= 15 is 0 Å². The highest BCUT2D eigenvalue weighted by atomic mass is 19.1. The van der Waals surface area contributed by atoms with Crippen LogP contribution in [0.25, 0.3) is 0 Å². The number of amides is 2. The van der Waals surface area contributed by atoms with Gasteiger partial charge in [0, 0.05) is 37.4 Å². The third-order valence-electron chi connectivity index (χ3n) is 5.77. The Bertz CT molecular complexity index is 1020. The van der Waals surface area contributed by atoms with E-state index in [-0.39, 0.29) is 30.0 Å². The van der Waals surface area contributed by atoms with Crippen molar-refractivity contribution in [3.63, 3.8) is 0 Å². The Labute approximate surface area is 180 Å². The minimum atomic E-state index is -0.727. The lowest BCUT2D eigenvalue weighted by atomic mass is 10.1. The van der Waals surface area contributed by atoms with E-state index in [1.54, 1.807) is 42.2 Å². The predicted molar refractivity (Wildman–Crippen MR) is 114 cm³/mol. The van der Waals surface area contributed by atoms with E-state index in [1.807, 2.05) is 0 Å². The van der Waals surface area contributed by atoms with Crippen LogP contribution in [0.5, 0.6) is 5.75 Å². The first kappa shape index (κ1) is 20.8. The van der Waals surface area contributed by atoms with Gasteiger partial charge in [0.1, 0.15) is 17.6 Å². The molecule has 0 bridgehead atoms. The summed E-state index contributed by atoms with van der Waals surface area (Å²) < 4.78 is 18.6. The Kier molecular flexibility index (Phi) is 5.63. The molecule has 1 fully saturated rings. The van der Waals surface area contributed by atoms with E-state index in [1.165, 1.54) is 24.0 Å². The molecule has 0 saturated carbocycles. The van der Waals surface area contributed by atoms with Crippen molar-refractivity contribution in [3.8, 4) is 5.75 Å². The smallest absolute Gasteiger partial charge is 0.265 e. The molecule has 1 unspecified atom stereocenters. The first-order valence-electron chi connectivity index (χ1n) is 10.2. The van der Waals surface area contributed by atoms with Gasteiger partial charge in [-0.15, -0.1) is 0 Å². The Hall–Kier alpha value is -3.42. The van der Waals surface area contributed by atoms with Gasteiger partial charge in [-0.2, -0.15) is 0 Å². The summed E-state index contributed by atoms with van der Waals surface area (Å²) in [6.45, 7) is 5.23. The maximum absolute atomic E-state index is 13.2. The molecule has 0 radical (unpaired) electrons. The number of halogens is 1. The quantitative estimate of drug-likeness (QED) is 0.704. The summed E-state index contributed by atoms with van der Waals surface area (Å²) in [7, 11) is 0. The van der Waals surface area contributed by atoms with Gasteiger partial charge in [0.15, 0.2) is 12.4 Å². The van der Waals surface area contributed by atoms with Gasteiger partial charge in [0.25, 0.3) is 5.91 Å². The van der Waals surface area contributed by atoms with Crippen LogP contribution in [0, 0.1) is 5.82 Å². The zero-order valence-corrected chi connectivity index (χ0v) is 17.5. The first-order chi connectivity index (χ1) is 14.8. The third-order valence-corrected chi connectivity index (χ3v) is 5.77. The van der Waals surface area contributed by atoms with Crippen molar-refractivity contribution in [3.05, 3.63) is 53.8 Å². The molecule has 7 nitrogen and oxygen atoms in total. The number of hydrogen-bond donors (Lipinski definition) is 0. The number of carbonyl (C=O) groups excluding carboxylic acids is 3. The number of ketones is 1. The lowest BCUT2D eigenvalue weighted by Crippen LogP contribution is -2.56. The van der Waals surface area contributed by atoms with Crippen LogP contribution in [-0.4, -0.2) is 61.3 Å². The Morgan fingerprint density at radius 3 is 2.35 bits per heavy atom. The predicted octanol–water partition coefficient (Wildman–Crippen LogP) is 2.49. The molecule has 1 atom stereocenters. The normalized spacial score (nSPS) is 17.1. The van der Waals surface area contributed by atoms with Crippen LogP contribution in [0.15, 0.2) is 42.5 Å². The topological polar surface area (TPSA) is 70.2 Å². The maximum atomic E-state index is 13.2. The molecule has 162 valence electrons. The fourth-order valence-electron chi connectivity index (χ4n) is 4.03. The number of Topliss-reactive ketones (excluding diaryl/α,β-unsaturated/α-hetero) is 1. The second-order valence-electron chi connectivity index (χ2n) is 7.76. The highest BCUT2D eigenvalue weighted by Gasteiger charge is 2.36. The number of anilines is 2. The Morgan fingerprint density at radius 2 is 1.71 bits per heavy atom. The molecule has 2 aromatic rings. The maximum Gasteiger partial charge on any atom is 0.265 e. The summed E-state index contributed by atoms with van der Waals surface area (Å²) in [6, 6.07) is 10.5. The summed E-state index contributed by atoms with van der Waals surface area (Å²) >= 11 is 0. The fourth-order valence-corrected chi connectivity index (χ4v) is 4.03.